The quantitative estimate of drug-likeness (QED) is 0.683. The van der Waals surface area contributed by atoms with E-state index in [1.165, 1.54) is 7.11 Å². The molecule has 0 aliphatic carbocycles. The van der Waals surface area contributed by atoms with Crippen molar-refractivity contribution in [2.24, 2.45) is 0 Å². The Kier molecular flexibility index (Phi) is 2.85. The van der Waals surface area contributed by atoms with E-state index in [4.69, 9.17) is 19.5 Å². The van der Waals surface area contributed by atoms with E-state index in [-0.39, 0.29) is 28.4 Å². The predicted octanol–water partition coefficient (Wildman–Crippen LogP) is 3.48. The van der Waals surface area contributed by atoms with Crippen LogP contribution in [0.5, 0.6) is 28.7 Å². The fourth-order valence-corrected chi connectivity index (χ4v) is 2.08. The molecule has 1 aliphatic rings. The topological polar surface area (TPSA) is 75.3 Å². The predicted molar refractivity (Wildman–Crippen MR) is 69.0 cm³/mol. The van der Waals surface area contributed by atoms with Crippen molar-refractivity contribution in [3.05, 3.63) is 41.2 Å². The number of hydrogen-bond acceptors (Lipinski definition) is 5. The Morgan fingerprint density at radius 3 is 2.00 bits per heavy atom. The first-order valence-corrected chi connectivity index (χ1v) is 5.89. The monoisotopic (exact) mass is 282 g/mol. The molecular formula is C15H7FN2O3. The molecule has 2 aromatic rings. The Bertz CT molecular complexity index is 834. The molecule has 0 N–H and O–H groups in total. The second-order valence-corrected chi connectivity index (χ2v) is 4.13. The van der Waals surface area contributed by atoms with Crippen LogP contribution in [-0.4, -0.2) is 7.11 Å². The molecule has 0 radical (unpaired) electrons. The van der Waals surface area contributed by atoms with Gasteiger partial charge in [0.1, 0.15) is 23.3 Å². The molecule has 5 nitrogen and oxygen atoms in total. The molecule has 0 saturated carbocycles. The average Bonchev–Trinajstić information content (AvgIpc) is 2.52. The third-order valence-corrected chi connectivity index (χ3v) is 3.01. The van der Waals surface area contributed by atoms with E-state index in [0.29, 0.717) is 11.5 Å². The molecule has 0 bridgehead atoms. The van der Waals surface area contributed by atoms with Crippen LogP contribution in [0.15, 0.2) is 24.3 Å². The molecule has 21 heavy (non-hydrogen) atoms. The molecule has 1 heterocycles. The van der Waals surface area contributed by atoms with Gasteiger partial charge in [0.2, 0.25) is 0 Å². The van der Waals surface area contributed by atoms with Crippen molar-refractivity contribution in [3.8, 4) is 40.9 Å². The molecule has 102 valence electrons. The summed E-state index contributed by atoms with van der Waals surface area (Å²) in [6.45, 7) is 0. The van der Waals surface area contributed by atoms with Gasteiger partial charge in [-0.1, -0.05) is 12.1 Å². The summed E-state index contributed by atoms with van der Waals surface area (Å²) in [7, 11) is 1.21. The van der Waals surface area contributed by atoms with Crippen LogP contribution in [0.1, 0.15) is 11.1 Å². The van der Waals surface area contributed by atoms with Crippen molar-refractivity contribution in [2.45, 2.75) is 0 Å². The maximum absolute atomic E-state index is 14.3. The van der Waals surface area contributed by atoms with E-state index >= 15 is 0 Å². The van der Waals surface area contributed by atoms with Crippen LogP contribution in [-0.2, 0) is 0 Å². The highest BCUT2D eigenvalue weighted by Crippen LogP contribution is 2.51. The minimum atomic E-state index is -0.946. The van der Waals surface area contributed by atoms with Gasteiger partial charge >= 0.3 is 0 Å². The molecule has 0 aromatic heterocycles. The zero-order chi connectivity index (χ0) is 15.0. The third-order valence-electron chi connectivity index (χ3n) is 3.01. The van der Waals surface area contributed by atoms with Crippen LogP contribution in [0.25, 0.3) is 0 Å². The lowest BCUT2D eigenvalue weighted by molar-refractivity contribution is 0.340. The van der Waals surface area contributed by atoms with Crippen molar-refractivity contribution in [3.63, 3.8) is 0 Å². The van der Waals surface area contributed by atoms with Gasteiger partial charge in [0.15, 0.2) is 34.6 Å². The van der Waals surface area contributed by atoms with Gasteiger partial charge < -0.3 is 14.2 Å². The molecule has 0 fully saturated rings. The Morgan fingerprint density at radius 2 is 1.52 bits per heavy atom. The average molecular weight is 282 g/mol. The molecule has 1 aliphatic heterocycles. The van der Waals surface area contributed by atoms with E-state index in [1.807, 2.05) is 6.07 Å². The zero-order valence-electron chi connectivity index (χ0n) is 10.8. The van der Waals surface area contributed by atoms with Gasteiger partial charge in [0.05, 0.1) is 7.11 Å². The number of methoxy groups -OCH3 is 1. The smallest absolute Gasteiger partial charge is 0.193 e. The minimum Gasteiger partial charge on any atom is -0.492 e. The van der Waals surface area contributed by atoms with E-state index in [0.717, 1.165) is 0 Å². The number of benzene rings is 2. The summed E-state index contributed by atoms with van der Waals surface area (Å²) >= 11 is 0. The molecule has 0 unspecified atom stereocenters. The number of rotatable bonds is 1. The second kappa shape index (κ2) is 4.69. The first-order valence-electron chi connectivity index (χ1n) is 5.89. The summed E-state index contributed by atoms with van der Waals surface area (Å²) < 4.78 is 30.3. The summed E-state index contributed by atoms with van der Waals surface area (Å²) in [6.07, 6.45) is 0. The van der Waals surface area contributed by atoms with E-state index < -0.39 is 5.82 Å². The minimum absolute atomic E-state index is 0.0222. The van der Waals surface area contributed by atoms with Gasteiger partial charge in [0.25, 0.3) is 0 Å². The number of nitrogens with zero attached hydrogens (tertiary/aromatic N) is 2. The number of para-hydroxylation sites is 2. The van der Waals surface area contributed by atoms with Crippen molar-refractivity contribution in [1.29, 1.82) is 10.5 Å². The van der Waals surface area contributed by atoms with E-state index in [1.54, 1.807) is 30.3 Å². The fraction of sp³-hybridized carbons (Fsp3) is 0.0667. The van der Waals surface area contributed by atoms with Gasteiger partial charge in [-0.3, -0.25) is 0 Å². The lowest BCUT2D eigenvalue weighted by atomic mass is 10.1. The Morgan fingerprint density at radius 1 is 1.00 bits per heavy atom. The van der Waals surface area contributed by atoms with Gasteiger partial charge in [-0.2, -0.15) is 10.5 Å². The second-order valence-electron chi connectivity index (χ2n) is 4.13. The summed E-state index contributed by atoms with van der Waals surface area (Å²) in [5, 5.41) is 18.4. The fourth-order valence-electron chi connectivity index (χ4n) is 2.08. The van der Waals surface area contributed by atoms with Crippen LogP contribution in [0, 0.1) is 28.5 Å². The Hall–Kier alpha value is -3.25. The standard InChI is InChI=1S/C15H7FN2O3/c1-19-13-9(7-18)15-14(8(6-17)12(13)16)20-10-4-2-3-5-11(10)21-15/h2-5H,1H3. The first-order chi connectivity index (χ1) is 10.2. The zero-order valence-corrected chi connectivity index (χ0v) is 10.8. The number of hydrogen-bond donors (Lipinski definition) is 0. The molecule has 2 aromatic carbocycles. The van der Waals surface area contributed by atoms with Crippen LogP contribution < -0.4 is 14.2 Å². The molecule has 0 saturated heterocycles. The van der Waals surface area contributed by atoms with E-state index in [2.05, 4.69) is 0 Å². The van der Waals surface area contributed by atoms with Crippen LogP contribution in [0.3, 0.4) is 0 Å². The van der Waals surface area contributed by atoms with Crippen LogP contribution in [0.4, 0.5) is 4.39 Å². The SMILES string of the molecule is COc1c(F)c(C#N)c2c(c1C#N)Oc1ccccc1O2. The third kappa shape index (κ3) is 1.74. The van der Waals surface area contributed by atoms with Gasteiger partial charge in [-0.15, -0.1) is 0 Å². The summed E-state index contributed by atoms with van der Waals surface area (Å²) in [6, 6.07) is 10.2. The maximum Gasteiger partial charge on any atom is 0.193 e. The van der Waals surface area contributed by atoms with Crippen LogP contribution in [0.2, 0.25) is 0 Å². The maximum atomic E-state index is 14.3. The molecule has 0 atom stereocenters. The number of fused-ring (bicyclic) bond motifs is 2. The molecular weight excluding hydrogens is 275 g/mol. The van der Waals surface area contributed by atoms with E-state index in [9.17, 15) is 9.65 Å². The van der Waals surface area contributed by atoms with Crippen molar-refractivity contribution in [2.75, 3.05) is 7.11 Å². The number of ether oxygens (including phenoxy) is 3. The Labute approximate surface area is 119 Å². The van der Waals surface area contributed by atoms with Gasteiger partial charge in [-0.05, 0) is 12.1 Å². The molecule has 3 rings (SSSR count). The lowest BCUT2D eigenvalue weighted by Gasteiger charge is -2.23. The van der Waals surface area contributed by atoms with Crippen LogP contribution >= 0.6 is 0 Å². The highest BCUT2D eigenvalue weighted by atomic mass is 19.1. The van der Waals surface area contributed by atoms with Crippen molar-refractivity contribution < 1.29 is 18.6 Å². The van der Waals surface area contributed by atoms with Gasteiger partial charge in [-0.25, -0.2) is 4.39 Å². The largest absolute Gasteiger partial charge is 0.492 e. The first kappa shape index (κ1) is 12.8. The lowest BCUT2D eigenvalue weighted by Crippen LogP contribution is -2.07. The number of nitriles is 2. The highest BCUT2D eigenvalue weighted by Gasteiger charge is 2.32. The summed E-state index contributed by atoms with van der Waals surface area (Å²) in [5.41, 5.74) is -0.520. The van der Waals surface area contributed by atoms with Crippen molar-refractivity contribution in [1.82, 2.24) is 0 Å². The molecule has 0 amide bonds. The molecule has 6 heteroatoms. The Balaban J connectivity index is 2.33. The molecule has 0 spiro atoms. The van der Waals surface area contributed by atoms with Crippen molar-refractivity contribution >= 4 is 0 Å². The number of halogens is 1. The summed E-state index contributed by atoms with van der Waals surface area (Å²) in [4.78, 5) is 0. The van der Waals surface area contributed by atoms with Gasteiger partial charge in [0, 0.05) is 0 Å². The summed E-state index contributed by atoms with van der Waals surface area (Å²) in [5.74, 6) is -0.708. The normalized spacial score (nSPS) is 11.0. The highest BCUT2D eigenvalue weighted by molar-refractivity contribution is 5.70.